The van der Waals surface area contributed by atoms with Crippen molar-refractivity contribution in [3.05, 3.63) is 34.3 Å². The molecule has 0 saturated heterocycles. The highest BCUT2D eigenvalue weighted by molar-refractivity contribution is 9.09. The maximum absolute atomic E-state index is 12.2. The van der Waals surface area contributed by atoms with Crippen LogP contribution >= 0.6 is 27.5 Å². The number of amides is 1. The number of benzene rings is 1. The van der Waals surface area contributed by atoms with Crippen LogP contribution in [0, 0.1) is 6.92 Å². The zero-order chi connectivity index (χ0) is 13.5. The molecule has 18 heavy (non-hydrogen) atoms. The number of nitrogens with zero attached hydrogens (tertiary/aromatic N) is 1. The molecule has 0 N–H and O–H groups in total. The maximum Gasteiger partial charge on any atom is 0.253 e. The fourth-order valence-corrected chi connectivity index (χ4v) is 2.49. The first-order valence-electron chi connectivity index (χ1n) is 6.13. The lowest BCUT2D eigenvalue weighted by atomic mass is 10.1. The lowest BCUT2D eigenvalue weighted by Gasteiger charge is -2.17. The Kier molecular flexibility index (Phi) is 6.72. The van der Waals surface area contributed by atoms with Crippen molar-refractivity contribution in [1.82, 2.24) is 4.90 Å². The molecule has 2 nitrogen and oxygen atoms in total. The molecule has 100 valence electrons. The van der Waals surface area contributed by atoms with Crippen LogP contribution in [0.15, 0.2) is 18.2 Å². The normalized spacial score (nSPS) is 10.4. The van der Waals surface area contributed by atoms with Gasteiger partial charge in [-0.3, -0.25) is 4.79 Å². The van der Waals surface area contributed by atoms with Crippen molar-refractivity contribution in [2.45, 2.75) is 26.2 Å². The minimum absolute atomic E-state index is 0.0412. The lowest BCUT2D eigenvalue weighted by Crippen LogP contribution is -2.27. The first kappa shape index (κ1) is 15.5. The van der Waals surface area contributed by atoms with Crippen LogP contribution in [0.4, 0.5) is 0 Å². The molecule has 0 aliphatic rings. The molecule has 1 amide bonds. The molecule has 0 aliphatic heterocycles. The molecule has 0 heterocycles. The Labute approximate surface area is 122 Å². The first-order chi connectivity index (χ1) is 8.54. The van der Waals surface area contributed by atoms with Gasteiger partial charge in [0.15, 0.2) is 0 Å². The zero-order valence-corrected chi connectivity index (χ0v) is 13.2. The molecule has 0 unspecified atom stereocenters. The van der Waals surface area contributed by atoms with Crippen molar-refractivity contribution in [2.75, 3.05) is 18.9 Å². The van der Waals surface area contributed by atoms with E-state index < -0.39 is 0 Å². The van der Waals surface area contributed by atoms with E-state index in [0.717, 1.165) is 36.7 Å². The minimum atomic E-state index is 0.0412. The summed E-state index contributed by atoms with van der Waals surface area (Å²) in [6.45, 7) is 2.73. The van der Waals surface area contributed by atoms with Gasteiger partial charge in [-0.2, -0.15) is 0 Å². The SMILES string of the molecule is Cc1cc(Cl)cc(C(=O)N(C)CCCCCBr)c1. The maximum atomic E-state index is 12.2. The van der Waals surface area contributed by atoms with Crippen molar-refractivity contribution in [3.63, 3.8) is 0 Å². The Morgan fingerprint density at radius 1 is 1.28 bits per heavy atom. The molecule has 1 rings (SSSR count). The third kappa shape index (κ3) is 4.99. The average molecular weight is 333 g/mol. The highest BCUT2D eigenvalue weighted by Crippen LogP contribution is 2.16. The van der Waals surface area contributed by atoms with Crippen molar-refractivity contribution < 1.29 is 4.79 Å². The van der Waals surface area contributed by atoms with E-state index >= 15 is 0 Å². The van der Waals surface area contributed by atoms with Crippen LogP contribution < -0.4 is 0 Å². The monoisotopic (exact) mass is 331 g/mol. The van der Waals surface area contributed by atoms with Gasteiger partial charge in [-0.1, -0.05) is 34.0 Å². The Hall–Kier alpha value is -0.540. The highest BCUT2D eigenvalue weighted by Gasteiger charge is 2.12. The van der Waals surface area contributed by atoms with E-state index in [4.69, 9.17) is 11.6 Å². The summed E-state index contributed by atoms with van der Waals surface area (Å²) in [5.41, 5.74) is 1.68. The summed E-state index contributed by atoms with van der Waals surface area (Å²) in [6, 6.07) is 5.46. The number of alkyl halides is 1. The molecule has 0 saturated carbocycles. The van der Waals surface area contributed by atoms with Crippen molar-refractivity contribution in [3.8, 4) is 0 Å². The van der Waals surface area contributed by atoms with Gasteiger partial charge in [-0.25, -0.2) is 0 Å². The predicted molar refractivity (Wildman–Crippen MR) is 80.8 cm³/mol. The largest absolute Gasteiger partial charge is 0.342 e. The van der Waals surface area contributed by atoms with Gasteiger partial charge in [0.2, 0.25) is 0 Å². The van der Waals surface area contributed by atoms with Crippen molar-refractivity contribution >= 4 is 33.4 Å². The van der Waals surface area contributed by atoms with Crippen LogP contribution in [0.1, 0.15) is 35.2 Å². The molecule has 0 spiro atoms. The fraction of sp³-hybridized carbons (Fsp3) is 0.500. The van der Waals surface area contributed by atoms with Gasteiger partial charge < -0.3 is 4.90 Å². The average Bonchev–Trinajstić information content (AvgIpc) is 2.32. The number of rotatable bonds is 6. The molecule has 0 bridgehead atoms. The number of carbonyl (C=O) groups excluding carboxylic acids is 1. The first-order valence-corrected chi connectivity index (χ1v) is 7.63. The molecule has 1 aromatic rings. The molecular formula is C14H19BrClNO. The molecule has 0 aliphatic carbocycles. The second-order valence-corrected chi connectivity index (χ2v) is 5.72. The van der Waals surface area contributed by atoms with Crippen molar-refractivity contribution in [2.24, 2.45) is 0 Å². The Morgan fingerprint density at radius 2 is 2.00 bits per heavy atom. The molecule has 1 aromatic carbocycles. The lowest BCUT2D eigenvalue weighted by molar-refractivity contribution is 0.0792. The van der Waals surface area contributed by atoms with Crippen molar-refractivity contribution in [1.29, 1.82) is 0 Å². The topological polar surface area (TPSA) is 20.3 Å². The second kappa shape index (κ2) is 7.80. The van der Waals surface area contributed by atoms with E-state index in [9.17, 15) is 4.79 Å². The molecule has 0 atom stereocenters. The van der Waals surface area contributed by atoms with Gasteiger partial charge in [0, 0.05) is 29.5 Å². The highest BCUT2D eigenvalue weighted by atomic mass is 79.9. The van der Waals surface area contributed by atoms with Crippen LogP contribution in [0.2, 0.25) is 5.02 Å². The summed E-state index contributed by atoms with van der Waals surface area (Å²) in [7, 11) is 1.84. The van der Waals surface area contributed by atoms with E-state index in [1.165, 1.54) is 0 Å². The van der Waals surface area contributed by atoms with Gasteiger partial charge in [-0.15, -0.1) is 0 Å². The van der Waals surface area contributed by atoms with E-state index in [1.54, 1.807) is 11.0 Å². The van der Waals surface area contributed by atoms with Gasteiger partial charge >= 0.3 is 0 Å². The van der Waals surface area contributed by atoms with Gasteiger partial charge in [0.1, 0.15) is 0 Å². The standard InChI is InChI=1S/C14H19BrClNO/c1-11-8-12(10-13(16)9-11)14(18)17(2)7-5-3-4-6-15/h8-10H,3-7H2,1-2H3. The number of hydrogen-bond donors (Lipinski definition) is 0. The van der Waals surface area contributed by atoms with E-state index in [1.807, 2.05) is 26.1 Å². The number of unbranched alkanes of at least 4 members (excludes halogenated alkanes) is 2. The van der Waals surface area contributed by atoms with Gasteiger partial charge in [0.25, 0.3) is 5.91 Å². The summed E-state index contributed by atoms with van der Waals surface area (Å²) >= 11 is 9.37. The van der Waals surface area contributed by atoms with E-state index in [2.05, 4.69) is 15.9 Å². The number of hydrogen-bond acceptors (Lipinski definition) is 1. The number of halogens is 2. The predicted octanol–water partition coefficient (Wildman–Crippen LogP) is 4.29. The quantitative estimate of drug-likeness (QED) is 0.562. The third-order valence-electron chi connectivity index (χ3n) is 2.76. The molecule has 0 fully saturated rings. The molecule has 4 heteroatoms. The second-order valence-electron chi connectivity index (χ2n) is 4.49. The molecule has 0 radical (unpaired) electrons. The third-order valence-corrected chi connectivity index (χ3v) is 3.54. The molecule has 0 aromatic heterocycles. The van der Waals surface area contributed by atoms with Gasteiger partial charge in [-0.05, 0) is 43.5 Å². The number of carbonyl (C=O) groups is 1. The minimum Gasteiger partial charge on any atom is -0.342 e. The smallest absolute Gasteiger partial charge is 0.253 e. The zero-order valence-electron chi connectivity index (χ0n) is 10.9. The fourth-order valence-electron chi connectivity index (χ4n) is 1.80. The summed E-state index contributed by atoms with van der Waals surface area (Å²) in [5.74, 6) is 0.0412. The van der Waals surface area contributed by atoms with Crippen LogP contribution in [-0.4, -0.2) is 29.7 Å². The van der Waals surface area contributed by atoms with E-state index in [0.29, 0.717) is 10.6 Å². The van der Waals surface area contributed by atoms with Crippen LogP contribution in [0.3, 0.4) is 0 Å². The van der Waals surface area contributed by atoms with Crippen LogP contribution in [0.25, 0.3) is 0 Å². The van der Waals surface area contributed by atoms with Gasteiger partial charge in [0.05, 0.1) is 0 Å². The number of aryl methyl sites for hydroxylation is 1. The summed E-state index contributed by atoms with van der Waals surface area (Å²) in [5, 5.41) is 1.64. The van der Waals surface area contributed by atoms with E-state index in [-0.39, 0.29) is 5.91 Å². The summed E-state index contributed by atoms with van der Waals surface area (Å²) in [4.78, 5) is 13.9. The molecular weight excluding hydrogens is 314 g/mol. The van der Waals surface area contributed by atoms with Crippen LogP contribution in [0.5, 0.6) is 0 Å². The van der Waals surface area contributed by atoms with Crippen LogP contribution in [-0.2, 0) is 0 Å². The Morgan fingerprint density at radius 3 is 2.61 bits per heavy atom. The Bertz CT molecular complexity index is 389. The summed E-state index contributed by atoms with van der Waals surface area (Å²) in [6.07, 6.45) is 3.32. The Balaban J connectivity index is 2.57. The summed E-state index contributed by atoms with van der Waals surface area (Å²) < 4.78 is 0.